The Morgan fingerprint density at radius 3 is 2.37 bits per heavy atom. The third kappa shape index (κ3) is 5.51. The number of carbonyl (C=O) groups excluding carboxylic acids is 3. The minimum absolute atomic E-state index is 0.0627. The lowest BCUT2D eigenvalue weighted by molar-refractivity contribution is -0.135. The number of amides is 3. The molecule has 1 aromatic carbocycles. The van der Waals surface area contributed by atoms with E-state index in [1.807, 2.05) is 0 Å². The molecule has 0 bridgehead atoms. The largest absolute Gasteiger partial charge is 0.333 e. The zero-order chi connectivity index (χ0) is 20.0. The first-order chi connectivity index (χ1) is 12.7. The van der Waals surface area contributed by atoms with Gasteiger partial charge in [0.05, 0.1) is 4.90 Å². The molecule has 0 aromatic heterocycles. The van der Waals surface area contributed by atoms with E-state index >= 15 is 0 Å². The molecule has 1 heterocycles. The van der Waals surface area contributed by atoms with Gasteiger partial charge in [-0.1, -0.05) is 6.42 Å². The molecule has 27 heavy (non-hydrogen) atoms. The summed E-state index contributed by atoms with van der Waals surface area (Å²) in [5, 5.41) is 0. The second kappa shape index (κ2) is 8.96. The van der Waals surface area contributed by atoms with Crippen LogP contribution >= 0.6 is 0 Å². The quantitative estimate of drug-likeness (QED) is 0.685. The van der Waals surface area contributed by atoms with Crippen LogP contribution in [0, 0.1) is 0 Å². The Balaban J connectivity index is 1.89. The molecule has 0 unspecified atom stereocenters. The Bertz CT molecular complexity index is 805. The predicted molar refractivity (Wildman–Crippen MR) is 98.0 cm³/mol. The molecule has 0 aliphatic carbocycles. The summed E-state index contributed by atoms with van der Waals surface area (Å²) in [6, 6.07) is 5.36. The summed E-state index contributed by atoms with van der Waals surface area (Å²) in [6.07, 6.45) is 3.07. The van der Waals surface area contributed by atoms with Crippen molar-refractivity contribution >= 4 is 27.7 Å². The number of hydrazine groups is 1. The van der Waals surface area contributed by atoms with Gasteiger partial charge in [-0.05, 0) is 37.1 Å². The maximum absolute atomic E-state index is 12.1. The van der Waals surface area contributed by atoms with Crippen LogP contribution in [-0.2, 0) is 19.6 Å². The fourth-order valence-corrected chi connectivity index (χ4v) is 3.51. The van der Waals surface area contributed by atoms with Crippen molar-refractivity contribution in [2.45, 2.75) is 30.6 Å². The third-order valence-corrected chi connectivity index (χ3v) is 6.05. The predicted octanol–water partition coefficient (Wildman–Crippen LogP) is 0.101. The summed E-state index contributed by atoms with van der Waals surface area (Å²) in [5.41, 5.74) is 4.73. The highest BCUT2D eigenvalue weighted by Crippen LogP contribution is 2.14. The molecule has 1 aliphatic rings. The molecule has 0 saturated carbocycles. The maximum Gasteiger partial charge on any atom is 0.269 e. The molecule has 2 N–H and O–H groups in total. The Hall–Kier alpha value is -2.46. The number of carbonyl (C=O) groups is 3. The van der Waals surface area contributed by atoms with Gasteiger partial charge in [-0.25, -0.2) is 12.7 Å². The Labute approximate surface area is 158 Å². The molecule has 3 amide bonds. The first-order valence-electron chi connectivity index (χ1n) is 8.61. The molecule has 1 aromatic rings. The van der Waals surface area contributed by atoms with Crippen molar-refractivity contribution in [3.63, 3.8) is 0 Å². The molecule has 1 fully saturated rings. The van der Waals surface area contributed by atoms with E-state index in [-0.39, 0.29) is 22.9 Å². The fraction of sp³-hybridized carbons (Fsp3) is 0.471. The van der Waals surface area contributed by atoms with Crippen molar-refractivity contribution in [1.82, 2.24) is 20.1 Å². The third-order valence-electron chi connectivity index (χ3n) is 4.22. The van der Waals surface area contributed by atoms with Crippen LogP contribution in [0.15, 0.2) is 29.2 Å². The number of nitrogens with one attached hydrogen (secondary N) is 2. The number of benzene rings is 1. The maximum atomic E-state index is 12.1. The number of hydrogen-bond acceptors (Lipinski definition) is 5. The summed E-state index contributed by atoms with van der Waals surface area (Å²) < 4.78 is 25.1. The van der Waals surface area contributed by atoms with E-state index in [4.69, 9.17) is 0 Å². The van der Waals surface area contributed by atoms with Gasteiger partial charge < -0.3 is 4.90 Å². The Kier molecular flexibility index (Phi) is 6.92. The lowest BCUT2D eigenvalue weighted by atomic mass is 10.2. The minimum atomic E-state index is -3.58. The monoisotopic (exact) mass is 396 g/mol. The first kappa shape index (κ1) is 20.8. The topological polar surface area (TPSA) is 116 Å². The van der Waals surface area contributed by atoms with Gasteiger partial charge in [0.1, 0.15) is 6.54 Å². The van der Waals surface area contributed by atoms with Crippen molar-refractivity contribution in [3.05, 3.63) is 29.8 Å². The van der Waals surface area contributed by atoms with Crippen molar-refractivity contribution < 1.29 is 22.8 Å². The van der Waals surface area contributed by atoms with E-state index in [9.17, 15) is 22.8 Å². The second-order valence-electron chi connectivity index (χ2n) is 6.44. The standard InChI is InChI=1S/C17H24N4O5S/c1-20(2)27(25,26)14-9-7-13(8-10-14)17(24)19-18-15(22)12-21-11-5-3-4-6-16(21)23/h7-10H,3-6,11-12H2,1-2H3,(H,18,22)(H,19,24). The SMILES string of the molecule is CN(C)S(=O)(=O)c1ccc(C(=O)NNC(=O)CN2CCCCCC2=O)cc1. The minimum Gasteiger partial charge on any atom is -0.333 e. The number of rotatable bonds is 5. The molecule has 0 radical (unpaired) electrons. The van der Waals surface area contributed by atoms with E-state index in [1.165, 1.54) is 43.3 Å². The van der Waals surface area contributed by atoms with Crippen LogP contribution in [0.1, 0.15) is 36.0 Å². The van der Waals surface area contributed by atoms with Gasteiger partial charge in [0.15, 0.2) is 0 Å². The van der Waals surface area contributed by atoms with Crippen LogP contribution < -0.4 is 10.9 Å². The smallest absolute Gasteiger partial charge is 0.269 e. The fourth-order valence-electron chi connectivity index (χ4n) is 2.61. The lowest BCUT2D eigenvalue weighted by Crippen LogP contribution is -2.47. The summed E-state index contributed by atoms with van der Waals surface area (Å²) in [7, 11) is -0.741. The van der Waals surface area contributed by atoms with Crippen LogP contribution in [0.3, 0.4) is 0 Å². The summed E-state index contributed by atoms with van der Waals surface area (Å²) >= 11 is 0. The molecular formula is C17H24N4O5S. The van der Waals surface area contributed by atoms with E-state index in [0.29, 0.717) is 13.0 Å². The van der Waals surface area contributed by atoms with Crippen molar-refractivity contribution in [2.75, 3.05) is 27.2 Å². The van der Waals surface area contributed by atoms with Gasteiger partial charge in [-0.3, -0.25) is 25.2 Å². The van der Waals surface area contributed by atoms with Crippen LogP contribution in [0.4, 0.5) is 0 Å². The van der Waals surface area contributed by atoms with Gasteiger partial charge in [0.2, 0.25) is 15.9 Å². The average Bonchev–Trinajstić information content (AvgIpc) is 2.84. The number of nitrogens with zero attached hydrogens (tertiary/aromatic N) is 2. The lowest BCUT2D eigenvalue weighted by Gasteiger charge is -2.19. The van der Waals surface area contributed by atoms with Gasteiger partial charge in [0, 0.05) is 32.6 Å². The molecule has 148 valence electrons. The normalized spacial score (nSPS) is 15.4. The van der Waals surface area contributed by atoms with Crippen LogP contribution in [0.2, 0.25) is 0 Å². The second-order valence-corrected chi connectivity index (χ2v) is 8.59. The molecule has 0 atom stereocenters. The highest BCUT2D eigenvalue weighted by Gasteiger charge is 2.20. The summed E-state index contributed by atoms with van der Waals surface area (Å²) in [6.45, 7) is 0.418. The molecule has 0 spiro atoms. The van der Waals surface area contributed by atoms with E-state index in [0.717, 1.165) is 23.6 Å². The first-order valence-corrected chi connectivity index (χ1v) is 10.1. The zero-order valence-electron chi connectivity index (χ0n) is 15.4. The Morgan fingerprint density at radius 1 is 1.07 bits per heavy atom. The molecule has 9 nitrogen and oxygen atoms in total. The molecular weight excluding hydrogens is 372 g/mol. The van der Waals surface area contributed by atoms with Crippen LogP contribution in [0.25, 0.3) is 0 Å². The molecule has 2 rings (SSSR count). The Morgan fingerprint density at radius 2 is 1.74 bits per heavy atom. The van der Waals surface area contributed by atoms with E-state index in [1.54, 1.807) is 0 Å². The van der Waals surface area contributed by atoms with Gasteiger partial charge >= 0.3 is 0 Å². The van der Waals surface area contributed by atoms with Crippen molar-refractivity contribution in [3.8, 4) is 0 Å². The zero-order valence-corrected chi connectivity index (χ0v) is 16.2. The number of hydrogen-bond donors (Lipinski definition) is 2. The van der Waals surface area contributed by atoms with E-state index in [2.05, 4.69) is 10.9 Å². The van der Waals surface area contributed by atoms with Gasteiger partial charge in [-0.15, -0.1) is 0 Å². The van der Waals surface area contributed by atoms with Crippen LogP contribution in [0.5, 0.6) is 0 Å². The number of sulfonamides is 1. The van der Waals surface area contributed by atoms with Gasteiger partial charge in [-0.2, -0.15) is 0 Å². The highest BCUT2D eigenvalue weighted by molar-refractivity contribution is 7.89. The summed E-state index contributed by atoms with van der Waals surface area (Å²) in [4.78, 5) is 37.5. The van der Waals surface area contributed by atoms with Crippen molar-refractivity contribution in [2.24, 2.45) is 0 Å². The summed E-state index contributed by atoms with van der Waals surface area (Å²) in [5.74, 6) is -1.14. The highest BCUT2D eigenvalue weighted by atomic mass is 32.2. The van der Waals surface area contributed by atoms with Crippen LogP contribution in [-0.4, -0.2) is 62.5 Å². The molecule has 1 saturated heterocycles. The molecule has 10 heteroatoms. The molecule has 1 aliphatic heterocycles. The van der Waals surface area contributed by atoms with Crippen molar-refractivity contribution in [1.29, 1.82) is 0 Å². The number of likely N-dealkylation sites (tertiary alicyclic amines) is 1. The average molecular weight is 396 g/mol. The van der Waals surface area contributed by atoms with Gasteiger partial charge in [0.25, 0.3) is 11.8 Å². The van der Waals surface area contributed by atoms with E-state index < -0.39 is 21.8 Å².